The van der Waals surface area contributed by atoms with Gasteiger partial charge in [-0.05, 0) is 64.2 Å². The third-order valence-corrected chi connectivity index (χ3v) is 5.18. The van der Waals surface area contributed by atoms with E-state index in [-0.39, 0.29) is 0 Å². The molecule has 0 bridgehead atoms. The number of hydrogen-bond acceptors (Lipinski definition) is 1. The quantitative estimate of drug-likeness (QED) is 0.198. The summed E-state index contributed by atoms with van der Waals surface area (Å²) >= 11 is 0. The van der Waals surface area contributed by atoms with E-state index in [1.165, 1.54) is 44.9 Å². The van der Waals surface area contributed by atoms with Crippen molar-refractivity contribution in [1.29, 1.82) is 0 Å². The lowest BCUT2D eigenvalue weighted by Crippen LogP contribution is -2.27. The number of rotatable bonds is 16. The van der Waals surface area contributed by atoms with Gasteiger partial charge in [0.25, 0.3) is 0 Å². The molecule has 0 aromatic carbocycles. The fourth-order valence-electron chi connectivity index (χ4n) is 3.40. The fourth-order valence-corrected chi connectivity index (χ4v) is 3.40. The molecular weight excluding hydrogens is 342 g/mol. The van der Waals surface area contributed by atoms with Gasteiger partial charge in [-0.3, -0.25) is 4.79 Å². The Kier molecular flexibility index (Phi) is 16.4. The smallest absolute Gasteiger partial charge is 0.222 e. The summed E-state index contributed by atoms with van der Waals surface area (Å²) in [5.74, 6) is 0.371. The van der Waals surface area contributed by atoms with Gasteiger partial charge in [0.2, 0.25) is 5.91 Å². The van der Waals surface area contributed by atoms with Crippen LogP contribution in [0, 0.1) is 0 Å². The largest absolute Gasteiger partial charge is 0.343 e. The molecule has 0 unspecified atom stereocenters. The summed E-state index contributed by atoms with van der Waals surface area (Å²) in [4.78, 5) is 14.0. The Hall–Kier alpha value is -1.57. The minimum absolute atomic E-state index is 0.371. The molecule has 1 amide bonds. The molecule has 1 rings (SSSR count). The monoisotopic (exact) mass is 385 g/mol. The Balaban J connectivity index is 1.86. The molecule has 2 heteroatoms. The van der Waals surface area contributed by atoms with E-state index in [2.05, 4.69) is 55.5 Å². The molecule has 0 spiro atoms. The molecule has 2 nitrogen and oxygen atoms in total. The first-order valence-corrected chi connectivity index (χ1v) is 11.7. The first kappa shape index (κ1) is 24.5. The molecule has 0 radical (unpaired) electrons. The molecule has 158 valence electrons. The second-order valence-electron chi connectivity index (χ2n) is 7.78. The molecule has 0 saturated carbocycles. The van der Waals surface area contributed by atoms with E-state index >= 15 is 0 Å². The van der Waals surface area contributed by atoms with Crippen molar-refractivity contribution in [3.8, 4) is 0 Å². The number of nitrogens with zero attached hydrogens (tertiary/aromatic N) is 1. The predicted molar refractivity (Wildman–Crippen MR) is 123 cm³/mol. The molecule has 1 heterocycles. The summed E-state index contributed by atoms with van der Waals surface area (Å²) in [6.07, 6.45) is 34.1. The van der Waals surface area contributed by atoms with Gasteiger partial charge in [-0.15, -0.1) is 0 Å². The number of unbranched alkanes of at least 4 members (excludes halogenated alkanes) is 6. The SMILES string of the molecule is CCCCC/C=C\C/C=C\C/C=C\C/C=C\CCCCCC(=O)N1CCCC1. The number of carbonyl (C=O) groups is 1. The molecule has 1 fully saturated rings. The lowest BCUT2D eigenvalue weighted by Gasteiger charge is -2.14. The zero-order valence-corrected chi connectivity index (χ0v) is 18.3. The van der Waals surface area contributed by atoms with Crippen LogP contribution in [-0.2, 0) is 4.79 Å². The lowest BCUT2D eigenvalue weighted by molar-refractivity contribution is -0.130. The Morgan fingerprint density at radius 2 is 1.18 bits per heavy atom. The van der Waals surface area contributed by atoms with Gasteiger partial charge in [0.05, 0.1) is 0 Å². The normalized spacial score (nSPS) is 15.2. The molecule has 1 saturated heterocycles. The highest BCUT2D eigenvalue weighted by molar-refractivity contribution is 5.76. The minimum atomic E-state index is 0.371. The first-order chi connectivity index (χ1) is 13.8. The standard InChI is InChI=1S/C26H43NO/c1-2-3-4-5-6-7-8-9-10-11-12-13-14-15-16-17-18-19-20-23-26(28)27-24-21-22-25-27/h6-7,9-10,12-13,15-16H,2-5,8,11,14,17-25H2,1H3/b7-6-,10-9-,13-12-,16-15-. The molecule has 0 aromatic rings. The van der Waals surface area contributed by atoms with Crippen molar-refractivity contribution in [2.45, 2.75) is 96.8 Å². The number of allylic oxidation sites excluding steroid dienone is 8. The van der Waals surface area contributed by atoms with Gasteiger partial charge >= 0.3 is 0 Å². The van der Waals surface area contributed by atoms with E-state index in [1.807, 2.05) is 4.90 Å². The zero-order chi connectivity index (χ0) is 20.1. The number of carbonyl (C=O) groups excluding carboxylic acids is 1. The van der Waals surface area contributed by atoms with Gasteiger partial charge in [0, 0.05) is 19.5 Å². The third-order valence-electron chi connectivity index (χ3n) is 5.18. The highest BCUT2D eigenvalue weighted by Gasteiger charge is 2.16. The van der Waals surface area contributed by atoms with Crippen LogP contribution in [0.1, 0.15) is 96.8 Å². The van der Waals surface area contributed by atoms with Crippen molar-refractivity contribution >= 4 is 5.91 Å². The Morgan fingerprint density at radius 1 is 0.679 bits per heavy atom. The van der Waals surface area contributed by atoms with Gasteiger partial charge in [-0.2, -0.15) is 0 Å². The second kappa shape index (κ2) is 18.8. The summed E-state index contributed by atoms with van der Waals surface area (Å²) in [6, 6.07) is 0. The van der Waals surface area contributed by atoms with E-state index in [9.17, 15) is 4.79 Å². The molecule has 0 aromatic heterocycles. The second-order valence-corrected chi connectivity index (χ2v) is 7.78. The van der Waals surface area contributed by atoms with Gasteiger partial charge in [0.15, 0.2) is 0 Å². The molecule has 28 heavy (non-hydrogen) atoms. The minimum Gasteiger partial charge on any atom is -0.343 e. The summed E-state index contributed by atoms with van der Waals surface area (Å²) in [6.45, 7) is 4.22. The van der Waals surface area contributed by atoms with E-state index in [0.29, 0.717) is 5.91 Å². The molecule has 1 aliphatic rings. The van der Waals surface area contributed by atoms with Crippen molar-refractivity contribution < 1.29 is 4.79 Å². The molecule has 0 N–H and O–H groups in total. The Labute approximate surface area is 174 Å². The lowest BCUT2D eigenvalue weighted by atomic mass is 10.1. The summed E-state index contributed by atoms with van der Waals surface area (Å²) in [7, 11) is 0. The highest BCUT2D eigenvalue weighted by atomic mass is 16.2. The summed E-state index contributed by atoms with van der Waals surface area (Å²) in [5, 5.41) is 0. The summed E-state index contributed by atoms with van der Waals surface area (Å²) < 4.78 is 0. The average molecular weight is 386 g/mol. The van der Waals surface area contributed by atoms with Crippen molar-refractivity contribution in [3.63, 3.8) is 0 Å². The predicted octanol–water partition coefficient (Wildman–Crippen LogP) is 7.53. The zero-order valence-electron chi connectivity index (χ0n) is 18.3. The molecule has 0 aliphatic carbocycles. The van der Waals surface area contributed by atoms with Gasteiger partial charge in [-0.25, -0.2) is 0 Å². The Morgan fingerprint density at radius 3 is 1.71 bits per heavy atom. The maximum atomic E-state index is 11.9. The van der Waals surface area contributed by atoms with Crippen molar-refractivity contribution in [2.24, 2.45) is 0 Å². The highest BCUT2D eigenvalue weighted by Crippen LogP contribution is 2.12. The van der Waals surface area contributed by atoms with Crippen LogP contribution in [0.4, 0.5) is 0 Å². The van der Waals surface area contributed by atoms with Crippen LogP contribution < -0.4 is 0 Å². The van der Waals surface area contributed by atoms with Crippen molar-refractivity contribution in [3.05, 3.63) is 48.6 Å². The van der Waals surface area contributed by atoms with Crippen LogP contribution in [0.2, 0.25) is 0 Å². The van der Waals surface area contributed by atoms with E-state index in [1.54, 1.807) is 0 Å². The van der Waals surface area contributed by atoms with E-state index in [4.69, 9.17) is 0 Å². The van der Waals surface area contributed by atoms with Crippen LogP contribution in [0.3, 0.4) is 0 Å². The molecule has 0 atom stereocenters. The van der Waals surface area contributed by atoms with Crippen molar-refractivity contribution in [2.75, 3.05) is 13.1 Å². The van der Waals surface area contributed by atoms with Gasteiger partial charge < -0.3 is 4.90 Å². The topological polar surface area (TPSA) is 20.3 Å². The number of hydrogen-bond donors (Lipinski definition) is 0. The summed E-state index contributed by atoms with van der Waals surface area (Å²) in [5.41, 5.74) is 0. The van der Waals surface area contributed by atoms with Crippen molar-refractivity contribution in [1.82, 2.24) is 4.90 Å². The number of amides is 1. The van der Waals surface area contributed by atoms with Gasteiger partial charge in [-0.1, -0.05) is 74.8 Å². The molecule has 1 aliphatic heterocycles. The van der Waals surface area contributed by atoms with Crippen LogP contribution in [0.15, 0.2) is 48.6 Å². The number of likely N-dealkylation sites (tertiary alicyclic amines) is 1. The van der Waals surface area contributed by atoms with E-state index in [0.717, 1.165) is 58.0 Å². The van der Waals surface area contributed by atoms with Crippen LogP contribution in [0.25, 0.3) is 0 Å². The first-order valence-electron chi connectivity index (χ1n) is 11.7. The van der Waals surface area contributed by atoms with Crippen LogP contribution in [0.5, 0.6) is 0 Å². The maximum Gasteiger partial charge on any atom is 0.222 e. The Bertz CT molecular complexity index is 481. The van der Waals surface area contributed by atoms with Crippen LogP contribution >= 0.6 is 0 Å². The van der Waals surface area contributed by atoms with E-state index < -0.39 is 0 Å². The molecular formula is C26H43NO. The maximum absolute atomic E-state index is 11.9. The van der Waals surface area contributed by atoms with Gasteiger partial charge in [0.1, 0.15) is 0 Å². The van der Waals surface area contributed by atoms with Crippen LogP contribution in [-0.4, -0.2) is 23.9 Å². The average Bonchev–Trinajstić information content (AvgIpc) is 3.24. The third kappa shape index (κ3) is 14.5. The fraction of sp³-hybridized carbons (Fsp3) is 0.654.